The van der Waals surface area contributed by atoms with Crippen molar-refractivity contribution in [2.24, 2.45) is 5.92 Å². The van der Waals surface area contributed by atoms with Crippen molar-refractivity contribution in [1.29, 1.82) is 0 Å². The van der Waals surface area contributed by atoms with E-state index in [1.54, 1.807) is 7.05 Å². The van der Waals surface area contributed by atoms with Crippen LogP contribution >= 0.6 is 12.4 Å². The molecule has 0 aliphatic carbocycles. The summed E-state index contributed by atoms with van der Waals surface area (Å²) in [6, 6.07) is -0.223. The minimum Gasteiger partial charge on any atom is -0.375 e. The number of rotatable bonds is 3. The van der Waals surface area contributed by atoms with Crippen LogP contribution in [0.3, 0.4) is 0 Å². The third kappa shape index (κ3) is 4.83. The fourth-order valence-corrected chi connectivity index (χ4v) is 2.93. The molecule has 2 aliphatic rings. The Morgan fingerprint density at radius 3 is 2.57 bits per heavy atom. The van der Waals surface area contributed by atoms with Gasteiger partial charge in [0.05, 0.1) is 12.7 Å². The van der Waals surface area contributed by atoms with Crippen LogP contribution < -0.4 is 10.6 Å². The highest BCUT2D eigenvalue weighted by atomic mass is 35.5. The van der Waals surface area contributed by atoms with Crippen LogP contribution in [0, 0.1) is 5.92 Å². The number of amides is 2. The van der Waals surface area contributed by atoms with Gasteiger partial charge in [0.2, 0.25) is 11.8 Å². The average molecular weight is 320 g/mol. The SMILES string of the molecule is CNC(=O)CC1CCN(C(=O)[C@H]2NCCO[C@@H]2C)CC1.Cl. The van der Waals surface area contributed by atoms with Gasteiger partial charge in [-0.05, 0) is 25.7 Å². The zero-order valence-corrected chi connectivity index (χ0v) is 13.6. The van der Waals surface area contributed by atoms with Crippen molar-refractivity contribution in [1.82, 2.24) is 15.5 Å². The van der Waals surface area contributed by atoms with Crippen LogP contribution in [-0.4, -0.2) is 62.1 Å². The number of piperidine rings is 1. The largest absolute Gasteiger partial charge is 0.375 e. The van der Waals surface area contributed by atoms with Gasteiger partial charge in [0.1, 0.15) is 6.04 Å². The quantitative estimate of drug-likeness (QED) is 0.777. The number of ether oxygens (including phenoxy) is 1. The second kappa shape index (κ2) is 8.56. The number of morpholine rings is 1. The fourth-order valence-electron chi connectivity index (χ4n) is 2.93. The molecule has 0 unspecified atom stereocenters. The molecule has 0 saturated carbocycles. The number of carbonyl (C=O) groups excluding carboxylic acids is 2. The van der Waals surface area contributed by atoms with Crippen LogP contribution in [-0.2, 0) is 14.3 Å². The van der Waals surface area contributed by atoms with E-state index in [0.717, 1.165) is 32.5 Å². The first kappa shape index (κ1) is 18.2. The number of carbonyl (C=O) groups is 2. The van der Waals surface area contributed by atoms with E-state index in [0.29, 0.717) is 18.9 Å². The minimum atomic E-state index is -0.223. The van der Waals surface area contributed by atoms with E-state index in [1.807, 2.05) is 11.8 Å². The first-order chi connectivity index (χ1) is 9.61. The summed E-state index contributed by atoms with van der Waals surface area (Å²) in [6.07, 6.45) is 2.31. The van der Waals surface area contributed by atoms with E-state index in [1.165, 1.54) is 0 Å². The standard InChI is InChI=1S/C14H25N3O3.ClH/c1-10-13(16-5-8-20-10)14(19)17-6-3-11(4-7-17)9-12(18)15-2;/h10-11,13,16H,3-9H2,1-2H3,(H,15,18);1H/t10-,13+;/m1./s1. The van der Waals surface area contributed by atoms with Crippen LogP contribution in [0.5, 0.6) is 0 Å². The molecule has 7 heteroatoms. The number of halogens is 1. The number of hydrogen-bond donors (Lipinski definition) is 2. The van der Waals surface area contributed by atoms with E-state index in [9.17, 15) is 9.59 Å². The van der Waals surface area contributed by atoms with Crippen molar-refractivity contribution in [3.05, 3.63) is 0 Å². The van der Waals surface area contributed by atoms with Crippen LogP contribution in [0.4, 0.5) is 0 Å². The summed E-state index contributed by atoms with van der Waals surface area (Å²) in [7, 11) is 1.66. The van der Waals surface area contributed by atoms with Gasteiger partial charge in [-0.2, -0.15) is 0 Å². The van der Waals surface area contributed by atoms with Crippen molar-refractivity contribution in [3.63, 3.8) is 0 Å². The van der Waals surface area contributed by atoms with E-state index in [-0.39, 0.29) is 36.4 Å². The summed E-state index contributed by atoms with van der Waals surface area (Å²) < 4.78 is 5.53. The summed E-state index contributed by atoms with van der Waals surface area (Å²) >= 11 is 0. The van der Waals surface area contributed by atoms with Crippen molar-refractivity contribution >= 4 is 24.2 Å². The Balaban J connectivity index is 0.00000220. The molecule has 122 valence electrons. The summed E-state index contributed by atoms with van der Waals surface area (Å²) in [5.74, 6) is 0.619. The minimum absolute atomic E-state index is 0. The molecule has 2 rings (SSSR count). The highest BCUT2D eigenvalue weighted by Gasteiger charge is 2.33. The predicted molar refractivity (Wildman–Crippen MR) is 82.4 cm³/mol. The van der Waals surface area contributed by atoms with Gasteiger partial charge < -0.3 is 20.3 Å². The molecule has 2 fully saturated rings. The third-order valence-electron chi connectivity index (χ3n) is 4.26. The smallest absolute Gasteiger partial charge is 0.242 e. The van der Waals surface area contributed by atoms with Crippen molar-refractivity contribution in [2.45, 2.75) is 38.3 Å². The van der Waals surface area contributed by atoms with Crippen molar-refractivity contribution in [2.75, 3.05) is 33.3 Å². The Morgan fingerprint density at radius 2 is 2.00 bits per heavy atom. The van der Waals surface area contributed by atoms with Gasteiger partial charge in [0.15, 0.2) is 0 Å². The highest BCUT2D eigenvalue weighted by molar-refractivity contribution is 5.85. The summed E-state index contributed by atoms with van der Waals surface area (Å²) in [4.78, 5) is 25.7. The lowest BCUT2D eigenvalue weighted by atomic mass is 9.92. The normalized spacial score (nSPS) is 26.9. The highest BCUT2D eigenvalue weighted by Crippen LogP contribution is 2.21. The molecule has 0 radical (unpaired) electrons. The van der Waals surface area contributed by atoms with Gasteiger partial charge >= 0.3 is 0 Å². The molecule has 0 aromatic heterocycles. The van der Waals surface area contributed by atoms with Gasteiger partial charge in [-0.25, -0.2) is 0 Å². The summed E-state index contributed by atoms with van der Waals surface area (Å²) in [5.41, 5.74) is 0. The molecule has 21 heavy (non-hydrogen) atoms. The molecular formula is C14H26ClN3O3. The summed E-state index contributed by atoms with van der Waals surface area (Å²) in [5, 5.41) is 5.90. The second-order valence-corrected chi connectivity index (χ2v) is 5.65. The maximum Gasteiger partial charge on any atom is 0.242 e. The Bertz CT molecular complexity index is 359. The molecule has 2 amide bonds. The van der Waals surface area contributed by atoms with E-state index in [2.05, 4.69) is 10.6 Å². The van der Waals surface area contributed by atoms with Crippen LogP contribution in [0.25, 0.3) is 0 Å². The Morgan fingerprint density at radius 1 is 1.33 bits per heavy atom. The fraction of sp³-hybridized carbons (Fsp3) is 0.857. The number of nitrogens with zero attached hydrogens (tertiary/aromatic N) is 1. The van der Waals surface area contributed by atoms with Gasteiger partial charge in [-0.3, -0.25) is 9.59 Å². The molecule has 2 N–H and O–H groups in total. The van der Waals surface area contributed by atoms with Crippen molar-refractivity contribution < 1.29 is 14.3 Å². The Labute approximate surface area is 132 Å². The lowest BCUT2D eigenvalue weighted by molar-refractivity contribution is -0.140. The molecule has 2 heterocycles. The van der Waals surface area contributed by atoms with Crippen LogP contribution in [0.2, 0.25) is 0 Å². The van der Waals surface area contributed by atoms with Gasteiger partial charge in [-0.1, -0.05) is 0 Å². The lowest BCUT2D eigenvalue weighted by Crippen LogP contribution is -2.57. The second-order valence-electron chi connectivity index (χ2n) is 5.65. The van der Waals surface area contributed by atoms with Gasteiger partial charge in [0, 0.05) is 33.1 Å². The van der Waals surface area contributed by atoms with Crippen LogP contribution in [0.1, 0.15) is 26.2 Å². The average Bonchev–Trinajstić information content (AvgIpc) is 2.47. The number of nitrogens with one attached hydrogen (secondary N) is 2. The Hall–Kier alpha value is -0.850. The van der Waals surface area contributed by atoms with Crippen molar-refractivity contribution in [3.8, 4) is 0 Å². The molecule has 0 aromatic carbocycles. The lowest BCUT2D eigenvalue weighted by Gasteiger charge is -2.37. The molecule has 0 spiro atoms. The molecule has 2 atom stereocenters. The number of likely N-dealkylation sites (tertiary alicyclic amines) is 1. The molecule has 0 bridgehead atoms. The zero-order chi connectivity index (χ0) is 14.5. The van der Waals surface area contributed by atoms with E-state index in [4.69, 9.17) is 4.74 Å². The molecule has 2 saturated heterocycles. The molecule has 6 nitrogen and oxygen atoms in total. The van der Waals surface area contributed by atoms with E-state index < -0.39 is 0 Å². The number of hydrogen-bond acceptors (Lipinski definition) is 4. The molecule has 0 aromatic rings. The predicted octanol–water partition coefficient (Wildman–Crippen LogP) is 0.160. The monoisotopic (exact) mass is 319 g/mol. The van der Waals surface area contributed by atoms with Gasteiger partial charge in [0.25, 0.3) is 0 Å². The topological polar surface area (TPSA) is 70.7 Å². The first-order valence-corrected chi connectivity index (χ1v) is 7.46. The van der Waals surface area contributed by atoms with Gasteiger partial charge in [-0.15, -0.1) is 12.4 Å². The third-order valence-corrected chi connectivity index (χ3v) is 4.26. The molecule has 2 aliphatic heterocycles. The molecular weight excluding hydrogens is 294 g/mol. The maximum atomic E-state index is 12.5. The maximum absolute atomic E-state index is 12.5. The Kier molecular flexibility index (Phi) is 7.42. The first-order valence-electron chi connectivity index (χ1n) is 7.46. The van der Waals surface area contributed by atoms with E-state index >= 15 is 0 Å². The zero-order valence-electron chi connectivity index (χ0n) is 12.8. The summed E-state index contributed by atoms with van der Waals surface area (Å²) in [6.45, 7) is 4.82. The van der Waals surface area contributed by atoms with Crippen LogP contribution in [0.15, 0.2) is 0 Å².